The maximum atomic E-state index is 12.0. The summed E-state index contributed by atoms with van der Waals surface area (Å²) in [5, 5.41) is 11.4. The number of nitriles is 1. The molecule has 2 aromatic rings. The highest BCUT2D eigenvalue weighted by Crippen LogP contribution is 2.31. The van der Waals surface area contributed by atoms with E-state index in [0.29, 0.717) is 15.6 Å². The second kappa shape index (κ2) is 7.47. The first kappa shape index (κ1) is 17.3. The number of esters is 1. The van der Waals surface area contributed by atoms with Crippen molar-refractivity contribution in [3.63, 3.8) is 0 Å². The molecule has 1 amide bonds. The monoisotopic (exact) mass is 368 g/mol. The van der Waals surface area contributed by atoms with Crippen LogP contribution in [0.25, 0.3) is 0 Å². The number of amides is 1. The third kappa shape index (κ3) is 4.45. The topological polar surface area (TPSA) is 79.2 Å². The molecule has 5 nitrogen and oxygen atoms in total. The van der Waals surface area contributed by atoms with Crippen LogP contribution in [-0.2, 0) is 9.53 Å². The molecule has 1 heterocycles. The maximum absolute atomic E-state index is 12.0. The largest absolute Gasteiger partial charge is 0.449 e. The lowest BCUT2D eigenvalue weighted by atomic mass is 10.2. The van der Waals surface area contributed by atoms with Gasteiger partial charge in [0, 0.05) is 5.69 Å². The fraction of sp³-hybridized carbons (Fsp3) is 0.133. The van der Waals surface area contributed by atoms with Crippen molar-refractivity contribution in [2.24, 2.45) is 0 Å². The molecular formula is C15H10Cl2N2O3S. The number of thiophene rings is 1. The summed E-state index contributed by atoms with van der Waals surface area (Å²) in [6, 6.07) is 9.75. The highest BCUT2D eigenvalue weighted by atomic mass is 35.5. The van der Waals surface area contributed by atoms with Crippen LogP contribution in [-0.4, -0.2) is 18.0 Å². The first-order valence-corrected chi connectivity index (χ1v) is 7.95. The SMILES string of the molecule is CC(OC(=O)c1cc(Cl)sc1Cl)C(=O)Nc1cccc(C#N)c1. The van der Waals surface area contributed by atoms with E-state index < -0.39 is 18.0 Å². The Balaban J connectivity index is 2.01. The minimum atomic E-state index is -1.04. The van der Waals surface area contributed by atoms with Crippen molar-refractivity contribution >= 4 is 52.1 Å². The van der Waals surface area contributed by atoms with Gasteiger partial charge in [0.05, 0.1) is 21.5 Å². The fourth-order valence-electron chi connectivity index (χ4n) is 1.67. The van der Waals surface area contributed by atoms with Crippen LogP contribution in [0.15, 0.2) is 30.3 Å². The molecule has 0 aliphatic heterocycles. The summed E-state index contributed by atoms with van der Waals surface area (Å²) in [4.78, 5) is 24.0. The minimum absolute atomic E-state index is 0.118. The number of anilines is 1. The number of benzene rings is 1. The number of hydrogen-bond acceptors (Lipinski definition) is 5. The number of halogens is 2. The normalized spacial score (nSPS) is 11.4. The second-order valence-corrected chi connectivity index (χ2v) is 6.75. The zero-order chi connectivity index (χ0) is 17.0. The Hall–Kier alpha value is -2.07. The molecule has 0 radical (unpaired) electrons. The zero-order valence-corrected chi connectivity index (χ0v) is 14.1. The molecule has 0 saturated heterocycles. The van der Waals surface area contributed by atoms with Crippen molar-refractivity contribution in [2.45, 2.75) is 13.0 Å². The summed E-state index contributed by atoms with van der Waals surface area (Å²) < 4.78 is 5.63. The lowest BCUT2D eigenvalue weighted by Gasteiger charge is -2.13. The number of carbonyl (C=O) groups excluding carboxylic acids is 2. The van der Waals surface area contributed by atoms with E-state index >= 15 is 0 Å². The molecule has 1 aromatic heterocycles. The molecule has 1 N–H and O–H groups in total. The fourth-order valence-corrected chi connectivity index (χ4v) is 3.11. The Morgan fingerprint density at radius 1 is 1.35 bits per heavy atom. The molecular weight excluding hydrogens is 359 g/mol. The minimum Gasteiger partial charge on any atom is -0.449 e. The number of rotatable bonds is 4. The molecule has 23 heavy (non-hydrogen) atoms. The summed E-state index contributed by atoms with van der Waals surface area (Å²) in [7, 11) is 0. The predicted octanol–water partition coefficient (Wildman–Crippen LogP) is 4.11. The van der Waals surface area contributed by atoms with Crippen molar-refractivity contribution in [2.75, 3.05) is 5.32 Å². The van der Waals surface area contributed by atoms with E-state index in [0.717, 1.165) is 11.3 Å². The summed E-state index contributed by atoms with van der Waals surface area (Å²) in [6.45, 7) is 1.43. The van der Waals surface area contributed by atoms with E-state index in [4.69, 9.17) is 33.2 Å². The highest BCUT2D eigenvalue weighted by Gasteiger charge is 2.22. The van der Waals surface area contributed by atoms with Crippen molar-refractivity contribution in [1.29, 1.82) is 5.26 Å². The van der Waals surface area contributed by atoms with Crippen molar-refractivity contribution < 1.29 is 14.3 Å². The van der Waals surface area contributed by atoms with E-state index in [1.165, 1.54) is 19.1 Å². The van der Waals surface area contributed by atoms with E-state index in [2.05, 4.69) is 5.32 Å². The van der Waals surface area contributed by atoms with E-state index in [1.54, 1.807) is 18.2 Å². The summed E-state index contributed by atoms with van der Waals surface area (Å²) in [5.41, 5.74) is 0.966. The molecule has 0 aliphatic carbocycles. The van der Waals surface area contributed by atoms with Gasteiger partial charge < -0.3 is 10.1 Å². The van der Waals surface area contributed by atoms with Crippen LogP contribution in [0.2, 0.25) is 8.67 Å². The van der Waals surface area contributed by atoms with Gasteiger partial charge in [-0.25, -0.2) is 4.79 Å². The number of nitrogens with zero attached hydrogens (tertiary/aromatic N) is 1. The van der Waals surface area contributed by atoms with Crippen LogP contribution in [0, 0.1) is 11.3 Å². The Morgan fingerprint density at radius 3 is 2.70 bits per heavy atom. The Bertz CT molecular complexity index is 798. The van der Waals surface area contributed by atoms with Gasteiger partial charge in [0.2, 0.25) is 0 Å². The van der Waals surface area contributed by atoms with Gasteiger partial charge in [-0.15, -0.1) is 11.3 Å². The molecule has 0 aliphatic rings. The third-order valence-electron chi connectivity index (χ3n) is 2.79. The number of nitrogens with one attached hydrogen (secondary N) is 1. The van der Waals surface area contributed by atoms with Crippen molar-refractivity contribution in [3.05, 3.63) is 50.1 Å². The van der Waals surface area contributed by atoms with Gasteiger partial charge in [-0.3, -0.25) is 4.79 Å². The van der Waals surface area contributed by atoms with Gasteiger partial charge in [0.15, 0.2) is 6.10 Å². The lowest BCUT2D eigenvalue weighted by molar-refractivity contribution is -0.123. The quantitative estimate of drug-likeness (QED) is 0.823. The van der Waals surface area contributed by atoms with Gasteiger partial charge >= 0.3 is 5.97 Å². The molecule has 8 heteroatoms. The highest BCUT2D eigenvalue weighted by molar-refractivity contribution is 7.20. The second-order valence-electron chi connectivity index (χ2n) is 4.47. The van der Waals surface area contributed by atoms with E-state index in [-0.39, 0.29) is 9.90 Å². The Morgan fingerprint density at radius 2 is 2.09 bits per heavy atom. The summed E-state index contributed by atoms with van der Waals surface area (Å²) in [6.07, 6.45) is -1.04. The predicted molar refractivity (Wildman–Crippen MR) is 89.0 cm³/mol. The molecule has 2 rings (SSSR count). The third-order valence-corrected chi connectivity index (χ3v) is 4.28. The van der Waals surface area contributed by atoms with Crippen LogP contribution in [0.5, 0.6) is 0 Å². The van der Waals surface area contributed by atoms with Gasteiger partial charge in [0.25, 0.3) is 5.91 Å². The first-order chi connectivity index (χ1) is 10.9. The summed E-state index contributed by atoms with van der Waals surface area (Å²) in [5.74, 6) is -1.25. The first-order valence-electron chi connectivity index (χ1n) is 6.37. The van der Waals surface area contributed by atoms with Gasteiger partial charge in [-0.1, -0.05) is 29.3 Å². The van der Waals surface area contributed by atoms with Gasteiger partial charge in [0.1, 0.15) is 4.34 Å². The van der Waals surface area contributed by atoms with Crippen LogP contribution in [0.1, 0.15) is 22.8 Å². The molecule has 1 aromatic carbocycles. The molecule has 0 fully saturated rings. The Kier molecular flexibility index (Phi) is 5.61. The molecule has 0 bridgehead atoms. The average molecular weight is 369 g/mol. The number of ether oxygens (including phenoxy) is 1. The van der Waals surface area contributed by atoms with Crippen molar-refractivity contribution in [3.8, 4) is 6.07 Å². The van der Waals surface area contributed by atoms with Crippen molar-refractivity contribution in [1.82, 2.24) is 0 Å². The number of hydrogen-bond donors (Lipinski definition) is 1. The smallest absolute Gasteiger partial charge is 0.341 e. The average Bonchev–Trinajstić information content (AvgIpc) is 2.86. The van der Waals surface area contributed by atoms with Crippen LogP contribution in [0.3, 0.4) is 0 Å². The molecule has 0 saturated carbocycles. The lowest BCUT2D eigenvalue weighted by Crippen LogP contribution is -2.30. The maximum Gasteiger partial charge on any atom is 0.341 e. The molecule has 118 valence electrons. The van der Waals surface area contributed by atoms with E-state index in [9.17, 15) is 9.59 Å². The van der Waals surface area contributed by atoms with Gasteiger partial charge in [-0.05, 0) is 31.2 Å². The Labute approximate surface area is 146 Å². The van der Waals surface area contributed by atoms with Crippen LogP contribution in [0.4, 0.5) is 5.69 Å². The van der Waals surface area contributed by atoms with Gasteiger partial charge in [-0.2, -0.15) is 5.26 Å². The molecule has 1 atom stereocenters. The number of carbonyl (C=O) groups is 2. The van der Waals surface area contributed by atoms with Crippen LogP contribution >= 0.6 is 34.5 Å². The van der Waals surface area contributed by atoms with Crippen LogP contribution < -0.4 is 5.32 Å². The summed E-state index contributed by atoms with van der Waals surface area (Å²) >= 11 is 12.7. The molecule has 1 unspecified atom stereocenters. The molecule has 0 spiro atoms. The zero-order valence-electron chi connectivity index (χ0n) is 11.8. The standard InChI is InChI=1S/C15H10Cl2N2O3S/c1-8(22-15(21)11-6-12(16)23-13(11)17)14(20)19-10-4-2-3-9(5-10)7-18/h2-6,8H,1H3,(H,19,20). The van der Waals surface area contributed by atoms with E-state index in [1.807, 2.05) is 6.07 Å².